The zero-order valence-corrected chi connectivity index (χ0v) is 19.4. The Morgan fingerprint density at radius 2 is 1.81 bits per heavy atom. The highest BCUT2D eigenvalue weighted by Crippen LogP contribution is 2.24. The van der Waals surface area contributed by atoms with E-state index in [0.29, 0.717) is 18.2 Å². The molecule has 1 aliphatic rings. The van der Waals surface area contributed by atoms with E-state index in [1.165, 1.54) is 0 Å². The summed E-state index contributed by atoms with van der Waals surface area (Å²) in [5, 5.41) is 6.84. The summed E-state index contributed by atoms with van der Waals surface area (Å²) in [5.74, 6) is 0.592. The second-order valence-corrected chi connectivity index (χ2v) is 8.22. The molecule has 3 rings (SSSR count). The van der Waals surface area contributed by atoms with Gasteiger partial charge in [-0.15, -0.1) is 0 Å². The van der Waals surface area contributed by atoms with E-state index in [1.807, 2.05) is 55.5 Å². The predicted octanol–water partition coefficient (Wildman–Crippen LogP) is 5.19. The molecule has 31 heavy (non-hydrogen) atoms. The minimum absolute atomic E-state index is 0.0110. The Hall–Kier alpha value is -2.37. The first-order chi connectivity index (χ1) is 15.0. The molecular formula is C25H32ClN3O2. The van der Waals surface area contributed by atoms with Gasteiger partial charge in [0.2, 0.25) is 5.91 Å². The fourth-order valence-electron chi connectivity index (χ4n) is 3.70. The quantitative estimate of drug-likeness (QED) is 0.476. The van der Waals surface area contributed by atoms with Crippen molar-refractivity contribution in [1.29, 1.82) is 0 Å². The van der Waals surface area contributed by atoms with Gasteiger partial charge in [0.1, 0.15) is 5.75 Å². The second-order valence-electron chi connectivity index (χ2n) is 7.78. The molecular weight excluding hydrogens is 410 g/mol. The van der Waals surface area contributed by atoms with E-state index in [2.05, 4.69) is 23.8 Å². The molecule has 6 heteroatoms. The molecule has 2 aromatic carbocycles. The highest BCUT2D eigenvalue weighted by molar-refractivity contribution is 6.30. The van der Waals surface area contributed by atoms with Crippen molar-refractivity contribution in [1.82, 2.24) is 9.91 Å². The number of carbonyl (C=O) groups is 1. The molecule has 1 heterocycles. The van der Waals surface area contributed by atoms with Crippen LogP contribution in [0.3, 0.4) is 0 Å². The average molecular weight is 442 g/mol. The molecule has 2 aromatic rings. The van der Waals surface area contributed by atoms with E-state index in [0.717, 1.165) is 55.1 Å². The van der Waals surface area contributed by atoms with Crippen molar-refractivity contribution in [3.8, 4) is 5.75 Å². The molecule has 1 atom stereocenters. The summed E-state index contributed by atoms with van der Waals surface area (Å²) < 4.78 is 5.86. The lowest BCUT2D eigenvalue weighted by Gasteiger charge is -2.18. The summed E-state index contributed by atoms with van der Waals surface area (Å²) in [4.78, 5) is 15.3. The van der Waals surface area contributed by atoms with Crippen molar-refractivity contribution in [3.05, 3.63) is 64.7 Å². The molecule has 166 valence electrons. The van der Waals surface area contributed by atoms with Crippen LogP contribution in [0.1, 0.15) is 50.7 Å². The predicted molar refractivity (Wildman–Crippen MR) is 127 cm³/mol. The minimum Gasteiger partial charge on any atom is -0.494 e. The van der Waals surface area contributed by atoms with Crippen LogP contribution in [0, 0.1) is 0 Å². The number of carbonyl (C=O) groups excluding carboxylic acids is 1. The number of ether oxygens (including phenoxy) is 1. The fourth-order valence-corrected chi connectivity index (χ4v) is 3.82. The largest absolute Gasteiger partial charge is 0.494 e. The maximum absolute atomic E-state index is 13.0. The summed E-state index contributed by atoms with van der Waals surface area (Å²) in [6.45, 7) is 10.8. The summed E-state index contributed by atoms with van der Waals surface area (Å²) in [7, 11) is 0. The SMILES string of the molecule is CCN(CC)CCCOc1ccc(C(C)C(=O)N2CCC(c3ccc(Cl)cc3)=N2)cc1. The Morgan fingerprint density at radius 3 is 2.45 bits per heavy atom. The van der Waals surface area contributed by atoms with Crippen LogP contribution in [0.4, 0.5) is 0 Å². The maximum atomic E-state index is 13.0. The highest BCUT2D eigenvalue weighted by atomic mass is 35.5. The van der Waals surface area contributed by atoms with Crippen molar-refractivity contribution in [2.75, 3.05) is 32.8 Å². The first-order valence-electron chi connectivity index (χ1n) is 11.1. The van der Waals surface area contributed by atoms with Gasteiger partial charge in [-0.3, -0.25) is 4.79 Å². The van der Waals surface area contributed by atoms with E-state index in [4.69, 9.17) is 16.3 Å². The van der Waals surface area contributed by atoms with E-state index in [9.17, 15) is 4.79 Å². The van der Waals surface area contributed by atoms with E-state index in [1.54, 1.807) is 5.01 Å². The third-order valence-corrected chi connectivity index (χ3v) is 6.02. The molecule has 0 N–H and O–H groups in total. The first kappa shape index (κ1) is 23.3. The summed E-state index contributed by atoms with van der Waals surface area (Å²) >= 11 is 5.96. The summed E-state index contributed by atoms with van der Waals surface area (Å²) in [6.07, 6.45) is 1.75. The van der Waals surface area contributed by atoms with Crippen LogP contribution < -0.4 is 4.74 Å². The normalized spacial score (nSPS) is 14.6. The first-order valence-corrected chi connectivity index (χ1v) is 11.5. The zero-order valence-electron chi connectivity index (χ0n) is 18.7. The minimum atomic E-state index is -0.259. The molecule has 0 bridgehead atoms. The summed E-state index contributed by atoms with van der Waals surface area (Å²) in [5.41, 5.74) is 2.90. The Morgan fingerprint density at radius 1 is 1.13 bits per heavy atom. The molecule has 0 aliphatic carbocycles. The fraction of sp³-hybridized carbons (Fsp3) is 0.440. The van der Waals surface area contributed by atoms with Gasteiger partial charge < -0.3 is 9.64 Å². The third kappa shape index (κ3) is 6.31. The van der Waals surface area contributed by atoms with Gasteiger partial charge in [-0.25, -0.2) is 5.01 Å². The van der Waals surface area contributed by atoms with Crippen LogP contribution >= 0.6 is 11.6 Å². The molecule has 0 saturated heterocycles. The number of hydrazone groups is 1. The monoisotopic (exact) mass is 441 g/mol. The van der Waals surface area contributed by atoms with Crippen molar-refractivity contribution >= 4 is 23.2 Å². The van der Waals surface area contributed by atoms with Gasteiger partial charge in [0.25, 0.3) is 0 Å². The van der Waals surface area contributed by atoms with Crippen LogP contribution in [-0.2, 0) is 4.79 Å². The molecule has 0 radical (unpaired) electrons. The van der Waals surface area contributed by atoms with Gasteiger partial charge in [0.05, 0.1) is 24.8 Å². The molecule has 5 nitrogen and oxygen atoms in total. The van der Waals surface area contributed by atoms with Gasteiger partial charge >= 0.3 is 0 Å². The lowest BCUT2D eigenvalue weighted by molar-refractivity contribution is -0.131. The highest BCUT2D eigenvalue weighted by Gasteiger charge is 2.26. The molecule has 0 saturated carbocycles. The van der Waals surface area contributed by atoms with Crippen LogP contribution in [0.2, 0.25) is 5.02 Å². The van der Waals surface area contributed by atoms with Crippen LogP contribution in [0.25, 0.3) is 0 Å². The van der Waals surface area contributed by atoms with Gasteiger partial charge in [-0.1, -0.05) is 49.7 Å². The van der Waals surface area contributed by atoms with Crippen LogP contribution in [0.5, 0.6) is 5.75 Å². The van der Waals surface area contributed by atoms with Crippen LogP contribution in [0.15, 0.2) is 53.6 Å². The van der Waals surface area contributed by atoms with Gasteiger partial charge in [-0.2, -0.15) is 5.10 Å². The van der Waals surface area contributed by atoms with Gasteiger partial charge in [0.15, 0.2) is 0 Å². The maximum Gasteiger partial charge on any atom is 0.249 e. The zero-order chi connectivity index (χ0) is 22.2. The Labute approximate surface area is 190 Å². The summed E-state index contributed by atoms with van der Waals surface area (Å²) in [6, 6.07) is 15.4. The molecule has 1 aliphatic heterocycles. The van der Waals surface area contributed by atoms with E-state index >= 15 is 0 Å². The Kier molecular flexibility index (Phi) is 8.50. The number of hydrogen-bond acceptors (Lipinski definition) is 4. The molecule has 0 aromatic heterocycles. The molecule has 1 unspecified atom stereocenters. The molecule has 0 fully saturated rings. The molecule has 1 amide bonds. The van der Waals surface area contributed by atoms with Gasteiger partial charge in [0, 0.05) is 18.0 Å². The van der Waals surface area contributed by atoms with Crippen LogP contribution in [-0.4, -0.2) is 54.3 Å². The standard InChI is InChI=1S/C25H32ClN3O2/c1-4-28(5-2)16-6-18-31-23-13-9-20(10-14-23)19(3)25(30)29-17-15-24(27-29)21-7-11-22(26)12-8-21/h7-14,19H,4-6,15-18H2,1-3H3. The molecule has 0 spiro atoms. The van der Waals surface area contributed by atoms with E-state index in [-0.39, 0.29) is 11.8 Å². The third-order valence-electron chi connectivity index (χ3n) is 5.77. The van der Waals surface area contributed by atoms with Crippen molar-refractivity contribution in [2.45, 2.75) is 39.5 Å². The average Bonchev–Trinajstić information content (AvgIpc) is 3.29. The van der Waals surface area contributed by atoms with Crippen molar-refractivity contribution in [2.24, 2.45) is 5.10 Å². The number of hydrogen-bond donors (Lipinski definition) is 0. The van der Waals surface area contributed by atoms with Gasteiger partial charge in [-0.05, 0) is 61.8 Å². The smallest absolute Gasteiger partial charge is 0.249 e. The number of amides is 1. The number of rotatable bonds is 10. The second kappa shape index (κ2) is 11.3. The number of halogens is 1. The van der Waals surface area contributed by atoms with E-state index < -0.39 is 0 Å². The van der Waals surface area contributed by atoms with Crippen molar-refractivity contribution < 1.29 is 9.53 Å². The Bertz CT molecular complexity index is 877. The topological polar surface area (TPSA) is 45.1 Å². The lowest BCUT2D eigenvalue weighted by atomic mass is 10.00. The lowest BCUT2D eigenvalue weighted by Crippen LogP contribution is -2.28. The number of nitrogens with zero attached hydrogens (tertiary/aromatic N) is 3. The number of benzene rings is 2. The van der Waals surface area contributed by atoms with Crippen molar-refractivity contribution in [3.63, 3.8) is 0 Å². The Balaban J connectivity index is 1.53.